The zero-order valence-electron chi connectivity index (χ0n) is 12.3. The number of nitrogens with one attached hydrogen (secondary N) is 1. The van der Waals surface area contributed by atoms with E-state index in [0.29, 0.717) is 5.92 Å². The summed E-state index contributed by atoms with van der Waals surface area (Å²) in [7, 11) is 2.05. The Hall–Kier alpha value is -1.46. The second-order valence-corrected chi connectivity index (χ2v) is 6.16. The standard InChI is InChI=1S/C15H22N4S/c1-12(2)6-16-7-14-8-17-9-15(18-14)19(3)10-13-4-5-20-11-13/h4-5,8-9,11-12,16H,6-7,10H2,1-3H3. The van der Waals surface area contributed by atoms with Crippen LogP contribution in [0.25, 0.3) is 0 Å². The van der Waals surface area contributed by atoms with Crippen molar-refractivity contribution in [2.24, 2.45) is 5.92 Å². The monoisotopic (exact) mass is 290 g/mol. The fourth-order valence-electron chi connectivity index (χ4n) is 1.89. The number of aromatic nitrogens is 2. The quantitative estimate of drug-likeness (QED) is 0.851. The first-order valence-electron chi connectivity index (χ1n) is 6.89. The Bertz CT molecular complexity index is 510. The minimum absolute atomic E-state index is 0.646. The summed E-state index contributed by atoms with van der Waals surface area (Å²) in [5.41, 5.74) is 2.29. The molecule has 108 valence electrons. The molecule has 20 heavy (non-hydrogen) atoms. The molecule has 0 atom stereocenters. The molecule has 0 aliphatic carbocycles. The van der Waals surface area contributed by atoms with Crippen LogP contribution in [0.1, 0.15) is 25.1 Å². The Labute approximate surface area is 124 Å². The number of hydrogen-bond donors (Lipinski definition) is 1. The van der Waals surface area contributed by atoms with Crippen molar-refractivity contribution in [3.8, 4) is 0 Å². The first kappa shape index (κ1) is 14.9. The smallest absolute Gasteiger partial charge is 0.147 e. The molecule has 4 nitrogen and oxygen atoms in total. The molecule has 2 aromatic rings. The molecule has 2 rings (SSSR count). The van der Waals surface area contributed by atoms with Crippen molar-refractivity contribution in [3.05, 3.63) is 40.5 Å². The van der Waals surface area contributed by atoms with Gasteiger partial charge in [0.2, 0.25) is 0 Å². The predicted molar refractivity (Wildman–Crippen MR) is 85.0 cm³/mol. The lowest BCUT2D eigenvalue weighted by Crippen LogP contribution is -2.22. The van der Waals surface area contributed by atoms with E-state index in [4.69, 9.17) is 0 Å². The van der Waals surface area contributed by atoms with E-state index < -0.39 is 0 Å². The molecule has 0 amide bonds. The summed E-state index contributed by atoms with van der Waals surface area (Å²) in [6, 6.07) is 2.14. The van der Waals surface area contributed by atoms with Gasteiger partial charge in [-0.25, -0.2) is 4.98 Å². The molecule has 0 bridgehead atoms. The fourth-order valence-corrected chi connectivity index (χ4v) is 2.55. The van der Waals surface area contributed by atoms with Crippen LogP contribution >= 0.6 is 11.3 Å². The van der Waals surface area contributed by atoms with Crippen molar-refractivity contribution in [3.63, 3.8) is 0 Å². The molecule has 0 aromatic carbocycles. The minimum Gasteiger partial charge on any atom is -0.354 e. The third-order valence-electron chi connectivity index (χ3n) is 2.92. The molecular weight excluding hydrogens is 268 g/mol. The lowest BCUT2D eigenvalue weighted by atomic mass is 10.2. The molecule has 0 radical (unpaired) electrons. The highest BCUT2D eigenvalue weighted by Gasteiger charge is 2.06. The molecule has 0 spiro atoms. The van der Waals surface area contributed by atoms with Crippen LogP contribution in [-0.2, 0) is 13.1 Å². The van der Waals surface area contributed by atoms with Crippen molar-refractivity contribution < 1.29 is 0 Å². The van der Waals surface area contributed by atoms with Gasteiger partial charge in [0.25, 0.3) is 0 Å². The highest BCUT2D eigenvalue weighted by atomic mass is 32.1. The Morgan fingerprint density at radius 2 is 2.20 bits per heavy atom. The maximum atomic E-state index is 4.65. The summed E-state index contributed by atoms with van der Waals surface area (Å²) in [5.74, 6) is 1.56. The van der Waals surface area contributed by atoms with E-state index in [0.717, 1.165) is 31.1 Å². The molecule has 0 aliphatic rings. The lowest BCUT2D eigenvalue weighted by Gasteiger charge is -2.17. The van der Waals surface area contributed by atoms with Gasteiger partial charge in [0.05, 0.1) is 11.9 Å². The molecule has 0 saturated carbocycles. The fraction of sp³-hybridized carbons (Fsp3) is 0.467. The van der Waals surface area contributed by atoms with Gasteiger partial charge in [0.15, 0.2) is 0 Å². The molecule has 2 aromatic heterocycles. The molecule has 5 heteroatoms. The third-order valence-corrected chi connectivity index (χ3v) is 3.65. The van der Waals surface area contributed by atoms with Gasteiger partial charge in [0, 0.05) is 26.3 Å². The second kappa shape index (κ2) is 7.36. The van der Waals surface area contributed by atoms with Crippen LogP contribution in [0.5, 0.6) is 0 Å². The maximum Gasteiger partial charge on any atom is 0.147 e. The van der Waals surface area contributed by atoms with E-state index in [1.54, 1.807) is 11.3 Å². The van der Waals surface area contributed by atoms with Crippen LogP contribution in [0.2, 0.25) is 0 Å². The van der Waals surface area contributed by atoms with Gasteiger partial charge < -0.3 is 10.2 Å². The summed E-state index contributed by atoms with van der Waals surface area (Å²) in [6.45, 7) is 7.02. The van der Waals surface area contributed by atoms with Gasteiger partial charge in [0.1, 0.15) is 5.82 Å². The van der Waals surface area contributed by atoms with Gasteiger partial charge in [-0.2, -0.15) is 11.3 Å². The van der Waals surface area contributed by atoms with Gasteiger partial charge in [-0.1, -0.05) is 13.8 Å². The van der Waals surface area contributed by atoms with Crippen LogP contribution in [0.15, 0.2) is 29.2 Å². The maximum absolute atomic E-state index is 4.65. The normalized spacial score (nSPS) is 11.0. The molecule has 0 aliphatic heterocycles. The van der Waals surface area contributed by atoms with Gasteiger partial charge in [-0.3, -0.25) is 4.98 Å². The first-order chi connectivity index (χ1) is 9.65. The second-order valence-electron chi connectivity index (χ2n) is 5.38. The molecule has 0 saturated heterocycles. The van der Waals surface area contributed by atoms with Crippen LogP contribution in [0, 0.1) is 5.92 Å². The van der Waals surface area contributed by atoms with Crippen LogP contribution < -0.4 is 10.2 Å². The van der Waals surface area contributed by atoms with E-state index in [1.807, 2.05) is 19.4 Å². The van der Waals surface area contributed by atoms with E-state index in [-0.39, 0.29) is 0 Å². The highest BCUT2D eigenvalue weighted by Crippen LogP contribution is 2.14. The van der Waals surface area contributed by atoms with E-state index in [1.165, 1.54) is 5.56 Å². The Kier molecular flexibility index (Phi) is 5.49. The summed E-state index contributed by atoms with van der Waals surface area (Å²) in [4.78, 5) is 11.1. The topological polar surface area (TPSA) is 41.1 Å². The average molecular weight is 290 g/mol. The highest BCUT2D eigenvalue weighted by molar-refractivity contribution is 7.07. The Morgan fingerprint density at radius 3 is 2.90 bits per heavy atom. The van der Waals surface area contributed by atoms with E-state index >= 15 is 0 Å². The van der Waals surface area contributed by atoms with Crippen LogP contribution in [0.3, 0.4) is 0 Å². The van der Waals surface area contributed by atoms with Crippen molar-refractivity contribution in [2.45, 2.75) is 26.9 Å². The Morgan fingerprint density at radius 1 is 1.35 bits per heavy atom. The molecule has 2 heterocycles. The van der Waals surface area contributed by atoms with E-state index in [2.05, 4.69) is 50.9 Å². The minimum atomic E-state index is 0.646. The molecule has 1 N–H and O–H groups in total. The number of thiophene rings is 1. The summed E-state index contributed by atoms with van der Waals surface area (Å²) in [5, 5.41) is 7.66. The predicted octanol–water partition coefficient (Wildman–Crippen LogP) is 2.92. The zero-order chi connectivity index (χ0) is 14.4. The van der Waals surface area contributed by atoms with Gasteiger partial charge in [-0.05, 0) is 34.9 Å². The van der Waals surface area contributed by atoms with Crippen molar-refractivity contribution in [2.75, 3.05) is 18.5 Å². The third kappa shape index (κ3) is 4.58. The molecule has 0 unspecified atom stereocenters. The zero-order valence-corrected chi connectivity index (χ0v) is 13.2. The number of hydrogen-bond acceptors (Lipinski definition) is 5. The average Bonchev–Trinajstić information content (AvgIpc) is 2.91. The largest absolute Gasteiger partial charge is 0.354 e. The summed E-state index contributed by atoms with van der Waals surface area (Å²) in [6.07, 6.45) is 3.65. The molecule has 0 fully saturated rings. The van der Waals surface area contributed by atoms with Crippen LogP contribution in [-0.4, -0.2) is 23.6 Å². The number of nitrogens with zero attached hydrogens (tertiary/aromatic N) is 3. The number of anilines is 1. The van der Waals surface area contributed by atoms with Gasteiger partial charge in [-0.15, -0.1) is 0 Å². The van der Waals surface area contributed by atoms with Gasteiger partial charge >= 0.3 is 0 Å². The van der Waals surface area contributed by atoms with Crippen LogP contribution in [0.4, 0.5) is 5.82 Å². The van der Waals surface area contributed by atoms with Crippen molar-refractivity contribution in [1.29, 1.82) is 0 Å². The van der Waals surface area contributed by atoms with E-state index in [9.17, 15) is 0 Å². The Balaban J connectivity index is 1.94. The van der Waals surface area contributed by atoms with Crippen molar-refractivity contribution in [1.82, 2.24) is 15.3 Å². The summed E-state index contributed by atoms with van der Waals surface area (Å²) >= 11 is 1.72. The SMILES string of the molecule is CC(C)CNCc1cncc(N(C)Cc2ccsc2)n1. The summed E-state index contributed by atoms with van der Waals surface area (Å²) < 4.78 is 0. The number of rotatable bonds is 7. The first-order valence-corrected chi connectivity index (χ1v) is 7.83. The molecular formula is C15H22N4S. The van der Waals surface area contributed by atoms with Crippen molar-refractivity contribution >= 4 is 17.2 Å². The lowest BCUT2D eigenvalue weighted by molar-refractivity contribution is 0.547.